The molecule has 1 amide bonds. The third kappa shape index (κ3) is 3.40. The van der Waals surface area contributed by atoms with Gasteiger partial charge >= 0.3 is 0 Å². The molecule has 0 saturated heterocycles. The minimum absolute atomic E-state index is 0.291. The molecular weight excluding hydrogens is 345 g/mol. The molecule has 2 heterocycles. The van der Waals surface area contributed by atoms with Gasteiger partial charge in [0.05, 0.1) is 17.7 Å². The van der Waals surface area contributed by atoms with E-state index in [4.69, 9.17) is 0 Å². The van der Waals surface area contributed by atoms with E-state index in [1.807, 2.05) is 31.2 Å². The van der Waals surface area contributed by atoms with Crippen molar-refractivity contribution in [2.45, 2.75) is 32.5 Å². The standard InChI is InChI=1S/C21H20FN3O2/c1-11-5-6-23-20(12(2)26)19(11)14-4-3-13-8-18(24-10-15(13)7-14)25-21(27)16-9-17(16)22/h3-8,10,12,16-17,26H,9H2,1-2H3,(H,24,25,27)/t12-,16-,17+/m1/s1. The zero-order valence-electron chi connectivity index (χ0n) is 15.1. The molecule has 0 bridgehead atoms. The lowest BCUT2D eigenvalue weighted by Crippen LogP contribution is -2.15. The van der Waals surface area contributed by atoms with Gasteiger partial charge in [-0.1, -0.05) is 12.1 Å². The quantitative estimate of drug-likeness (QED) is 0.734. The largest absolute Gasteiger partial charge is 0.387 e. The summed E-state index contributed by atoms with van der Waals surface area (Å²) in [6, 6.07) is 9.58. The third-order valence-electron chi connectivity index (χ3n) is 4.90. The van der Waals surface area contributed by atoms with Gasteiger partial charge in [0.15, 0.2) is 0 Å². The van der Waals surface area contributed by atoms with Gasteiger partial charge in [-0.15, -0.1) is 0 Å². The normalized spacial score (nSPS) is 19.7. The van der Waals surface area contributed by atoms with Crippen molar-refractivity contribution in [1.82, 2.24) is 9.97 Å². The number of hydrogen-bond acceptors (Lipinski definition) is 4. The molecule has 0 aliphatic heterocycles. The van der Waals surface area contributed by atoms with Gasteiger partial charge in [-0.2, -0.15) is 0 Å². The summed E-state index contributed by atoms with van der Waals surface area (Å²) in [4.78, 5) is 20.5. The number of carbonyl (C=O) groups excluding carboxylic acids is 1. The van der Waals surface area contributed by atoms with Crippen LogP contribution in [-0.2, 0) is 4.79 Å². The minimum Gasteiger partial charge on any atom is -0.387 e. The molecule has 1 aliphatic rings. The van der Waals surface area contributed by atoms with E-state index < -0.39 is 18.2 Å². The number of pyridine rings is 2. The molecule has 0 spiro atoms. The highest BCUT2D eigenvalue weighted by Gasteiger charge is 2.43. The SMILES string of the molecule is Cc1ccnc([C@@H](C)O)c1-c1ccc2cc(NC(=O)[C@@H]3C[C@@H]3F)ncc2c1. The van der Waals surface area contributed by atoms with Crippen LogP contribution in [0.4, 0.5) is 10.2 Å². The van der Waals surface area contributed by atoms with Gasteiger partial charge in [-0.05, 0) is 55.0 Å². The number of anilines is 1. The number of alkyl halides is 1. The van der Waals surface area contributed by atoms with Crippen molar-refractivity contribution in [1.29, 1.82) is 0 Å². The average molecular weight is 365 g/mol. The summed E-state index contributed by atoms with van der Waals surface area (Å²) in [5.74, 6) is -0.447. The zero-order valence-corrected chi connectivity index (χ0v) is 15.1. The van der Waals surface area contributed by atoms with Crippen LogP contribution in [0, 0.1) is 12.8 Å². The van der Waals surface area contributed by atoms with Crippen molar-refractivity contribution in [3.05, 3.63) is 54.0 Å². The highest BCUT2D eigenvalue weighted by atomic mass is 19.1. The van der Waals surface area contributed by atoms with Gasteiger partial charge in [-0.3, -0.25) is 9.78 Å². The van der Waals surface area contributed by atoms with Crippen molar-refractivity contribution in [2.24, 2.45) is 5.92 Å². The van der Waals surface area contributed by atoms with Crippen LogP contribution >= 0.6 is 0 Å². The first kappa shape index (κ1) is 17.5. The molecule has 4 rings (SSSR count). The van der Waals surface area contributed by atoms with E-state index in [-0.39, 0.29) is 5.91 Å². The van der Waals surface area contributed by atoms with Crippen LogP contribution in [0.1, 0.15) is 30.7 Å². The summed E-state index contributed by atoms with van der Waals surface area (Å²) in [5, 5.41) is 14.5. The Morgan fingerprint density at radius 1 is 1.26 bits per heavy atom. The third-order valence-corrected chi connectivity index (χ3v) is 4.90. The Hall–Kier alpha value is -2.86. The van der Waals surface area contributed by atoms with Gasteiger partial charge in [0.2, 0.25) is 5.91 Å². The minimum atomic E-state index is -1.03. The van der Waals surface area contributed by atoms with Crippen molar-refractivity contribution in [2.75, 3.05) is 5.32 Å². The number of fused-ring (bicyclic) bond motifs is 1. The number of nitrogens with one attached hydrogen (secondary N) is 1. The first-order chi connectivity index (χ1) is 12.9. The Labute approximate surface area is 156 Å². The number of nitrogens with zero attached hydrogens (tertiary/aromatic N) is 2. The predicted octanol–water partition coefficient (Wildman–Crippen LogP) is 3.96. The molecule has 3 atom stereocenters. The number of hydrogen-bond donors (Lipinski definition) is 2. The Morgan fingerprint density at radius 2 is 2.04 bits per heavy atom. The van der Waals surface area contributed by atoms with Crippen LogP contribution in [0.5, 0.6) is 0 Å². The number of aromatic nitrogens is 2. The second kappa shape index (κ2) is 6.70. The fourth-order valence-electron chi connectivity index (χ4n) is 3.29. The molecule has 1 fully saturated rings. The van der Waals surface area contributed by atoms with Crippen LogP contribution in [0.2, 0.25) is 0 Å². The highest BCUT2D eigenvalue weighted by molar-refractivity contribution is 5.96. The Morgan fingerprint density at radius 3 is 2.74 bits per heavy atom. The summed E-state index contributed by atoms with van der Waals surface area (Å²) in [7, 11) is 0. The molecule has 5 nitrogen and oxygen atoms in total. The fourth-order valence-corrected chi connectivity index (χ4v) is 3.29. The number of aliphatic hydroxyl groups is 1. The molecule has 1 aromatic carbocycles. The molecule has 2 aromatic heterocycles. The summed E-state index contributed by atoms with van der Waals surface area (Å²) in [5.41, 5.74) is 3.52. The molecule has 6 heteroatoms. The molecule has 0 unspecified atom stereocenters. The van der Waals surface area contributed by atoms with Crippen LogP contribution in [0.15, 0.2) is 42.7 Å². The molecule has 0 radical (unpaired) electrons. The number of amides is 1. The van der Waals surface area contributed by atoms with Crippen LogP contribution in [0.25, 0.3) is 21.9 Å². The van der Waals surface area contributed by atoms with Crippen molar-refractivity contribution >= 4 is 22.5 Å². The van der Waals surface area contributed by atoms with Crippen molar-refractivity contribution < 1.29 is 14.3 Å². The molecule has 2 N–H and O–H groups in total. The average Bonchev–Trinajstić information content (AvgIpc) is 3.38. The number of rotatable bonds is 4. The second-order valence-corrected chi connectivity index (χ2v) is 7.04. The summed E-state index contributed by atoms with van der Waals surface area (Å²) in [6.07, 6.45) is 1.97. The Balaban J connectivity index is 1.68. The van der Waals surface area contributed by atoms with E-state index in [1.54, 1.807) is 25.4 Å². The Bertz CT molecular complexity index is 1040. The lowest BCUT2D eigenvalue weighted by Gasteiger charge is -2.14. The number of halogens is 1. The lowest BCUT2D eigenvalue weighted by molar-refractivity contribution is -0.117. The van der Waals surface area contributed by atoms with E-state index in [0.717, 1.165) is 27.5 Å². The molecule has 138 valence electrons. The Kier molecular flexibility index (Phi) is 4.36. The van der Waals surface area contributed by atoms with Crippen molar-refractivity contribution in [3.63, 3.8) is 0 Å². The summed E-state index contributed by atoms with van der Waals surface area (Å²) >= 11 is 0. The topological polar surface area (TPSA) is 75.1 Å². The van der Waals surface area contributed by atoms with E-state index in [0.29, 0.717) is 17.9 Å². The predicted molar refractivity (Wildman–Crippen MR) is 102 cm³/mol. The number of carbonyl (C=O) groups is 1. The fraction of sp³-hybridized carbons (Fsp3) is 0.286. The van der Waals surface area contributed by atoms with E-state index in [1.165, 1.54) is 0 Å². The smallest absolute Gasteiger partial charge is 0.231 e. The first-order valence-corrected chi connectivity index (χ1v) is 8.92. The molecule has 1 aliphatic carbocycles. The molecule has 1 saturated carbocycles. The summed E-state index contributed by atoms with van der Waals surface area (Å²) in [6.45, 7) is 3.69. The van der Waals surface area contributed by atoms with Gasteiger partial charge in [0.25, 0.3) is 0 Å². The van der Waals surface area contributed by atoms with Gasteiger partial charge in [0.1, 0.15) is 12.0 Å². The maximum Gasteiger partial charge on any atom is 0.231 e. The van der Waals surface area contributed by atoms with Crippen molar-refractivity contribution in [3.8, 4) is 11.1 Å². The zero-order chi connectivity index (χ0) is 19.1. The summed E-state index contributed by atoms with van der Waals surface area (Å²) < 4.78 is 13.0. The second-order valence-electron chi connectivity index (χ2n) is 7.04. The molecular formula is C21H20FN3O2. The van der Waals surface area contributed by atoms with E-state index >= 15 is 0 Å². The lowest BCUT2D eigenvalue weighted by atomic mass is 9.95. The maximum atomic E-state index is 13.0. The monoisotopic (exact) mass is 365 g/mol. The number of aryl methyl sites for hydroxylation is 1. The number of aliphatic hydroxyl groups excluding tert-OH is 1. The van der Waals surface area contributed by atoms with Crippen LogP contribution in [0.3, 0.4) is 0 Å². The molecule has 3 aromatic rings. The van der Waals surface area contributed by atoms with Crippen LogP contribution < -0.4 is 5.32 Å². The van der Waals surface area contributed by atoms with Gasteiger partial charge in [0, 0.05) is 23.3 Å². The van der Waals surface area contributed by atoms with E-state index in [9.17, 15) is 14.3 Å². The first-order valence-electron chi connectivity index (χ1n) is 8.92. The maximum absolute atomic E-state index is 13.0. The highest BCUT2D eigenvalue weighted by Crippen LogP contribution is 2.35. The van der Waals surface area contributed by atoms with Gasteiger partial charge in [-0.25, -0.2) is 9.37 Å². The number of benzene rings is 1. The molecule has 27 heavy (non-hydrogen) atoms. The van der Waals surface area contributed by atoms with Crippen LogP contribution in [-0.4, -0.2) is 27.2 Å². The van der Waals surface area contributed by atoms with E-state index in [2.05, 4.69) is 15.3 Å². The van der Waals surface area contributed by atoms with Gasteiger partial charge < -0.3 is 10.4 Å².